The van der Waals surface area contributed by atoms with Crippen LogP contribution < -0.4 is 5.32 Å². The van der Waals surface area contributed by atoms with Gasteiger partial charge in [0.05, 0.1) is 5.52 Å². The second-order valence-corrected chi connectivity index (χ2v) is 4.69. The standard InChI is InChI=1S/C16H13N3O2/c1-10-8-14(12-4-2-3-5-13(12)18-10)19-11-6-7-17-15(9-11)16(20)21/h2-9H,1H3,(H,20,21)(H,17,18,19). The summed E-state index contributed by atoms with van der Waals surface area (Å²) in [6, 6.07) is 13.0. The van der Waals surface area contributed by atoms with Crippen LogP contribution in [0.3, 0.4) is 0 Å². The fraction of sp³-hybridized carbons (Fsp3) is 0.0625. The Bertz CT molecular complexity index is 831. The van der Waals surface area contributed by atoms with Gasteiger partial charge in [-0.3, -0.25) is 4.98 Å². The van der Waals surface area contributed by atoms with Gasteiger partial charge in [0.25, 0.3) is 0 Å². The molecular formula is C16H13N3O2. The van der Waals surface area contributed by atoms with Crippen molar-refractivity contribution in [3.05, 3.63) is 60.0 Å². The highest BCUT2D eigenvalue weighted by Crippen LogP contribution is 2.26. The summed E-state index contributed by atoms with van der Waals surface area (Å²) in [5, 5.41) is 13.2. The van der Waals surface area contributed by atoms with Crippen LogP contribution in [-0.4, -0.2) is 21.0 Å². The van der Waals surface area contributed by atoms with Gasteiger partial charge in [0, 0.05) is 28.7 Å². The van der Waals surface area contributed by atoms with Crippen LogP contribution in [0.1, 0.15) is 16.2 Å². The van der Waals surface area contributed by atoms with Gasteiger partial charge >= 0.3 is 5.97 Å². The second-order valence-electron chi connectivity index (χ2n) is 4.69. The summed E-state index contributed by atoms with van der Waals surface area (Å²) in [5.41, 5.74) is 3.37. The Morgan fingerprint density at radius 3 is 2.81 bits per heavy atom. The highest BCUT2D eigenvalue weighted by Gasteiger charge is 2.07. The minimum absolute atomic E-state index is 0.00934. The van der Waals surface area contributed by atoms with Gasteiger partial charge in [-0.05, 0) is 31.2 Å². The normalized spacial score (nSPS) is 10.5. The largest absolute Gasteiger partial charge is 0.477 e. The van der Waals surface area contributed by atoms with Crippen LogP contribution in [-0.2, 0) is 0 Å². The van der Waals surface area contributed by atoms with Gasteiger partial charge in [-0.15, -0.1) is 0 Å². The molecule has 0 saturated heterocycles. The van der Waals surface area contributed by atoms with Crippen molar-refractivity contribution in [3.63, 3.8) is 0 Å². The summed E-state index contributed by atoms with van der Waals surface area (Å²) in [4.78, 5) is 19.3. The van der Waals surface area contributed by atoms with Gasteiger partial charge in [0.2, 0.25) is 0 Å². The van der Waals surface area contributed by atoms with Crippen LogP contribution in [0, 0.1) is 6.92 Å². The molecule has 0 spiro atoms. The SMILES string of the molecule is Cc1cc(Nc2ccnc(C(=O)O)c2)c2ccccc2n1. The number of benzene rings is 1. The first-order valence-electron chi connectivity index (χ1n) is 6.46. The zero-order chi connectivity index (χ0) is 14.8. The maximum atomic E-state index is 11.0. The van der Waals surface area contributed by atoms with Crippen LogP contribution in [0.25, 0.3) is 10.9 Å². The van der Waals surface area contributed by atoms with E-state index in [1.54, 1.807) is 6.07 Å². The highest BCUT2D eigenvalue weighted by atomic mass is 16.4. The fourth-order valence-electron chi connectivity index (χ4n) is 2.19. The molecule has 3 aromatic rings. The number of nitrogens with one attached hydrogen (secondary N) is 1. The van der Waals surface area contributed by atoms with Gasteiger partial charge in [0.1, 0.15) is 5.69 Å². The maximum Gasteiger partial charge on any atom is 0.354 e. The molecule has 0 bridgehead atoms. The van der Waals surface area contributed by atoms with E-state index in [0.717, 1.165) is 22.3 Å². The Morgan fingerprint density at radius 1 is 1.19 bits per heavy atom. The van der Waals surface area contributed by atoms with E-state index in [0.29, 0.717) is 5.69 Å². The summed E-state index contributed by atoms with van der Waals surface area (Å²) in [6.45, 7) is 1.92. The lowest BCUT2D eigenvalue weighted by Gasteiger charge is -2.11. The van der Waals surface area contributed by atoms with Crippen molar-refractivity contribution in [1.29, 1.82) is 0 Å². The van der Waals surface area contributed by atoms with E-state index in [-0.39, 0.29) is 5.69 Å². The number of para-hydroxylation sites is 1. The minimum atomic E-state index is -1.05. The molecule has 3 rings (SSSR count). The molecule has 0 radical (unpaired) electrons. The molecule has 2 aromatic heterocycles. The van der Waals surface area contributed by atoms with Gasteiger partial charge < -0.3 is 10.4 Å². The summed E-state index contributed by atoms with van der Waals surface area (Å²) in [6.07, 6.45) is 1.47. The number of carboxylic acid groups (broad SMARTS) is 1. The lowest BCUT2D eigenvalue weighted by atomic mass is 10.1. The molecule has 0 aliphatic rings. The van der Waals surface area contributed by atoms with E-state index in [1.807, 2.05) is 37.3 Å². The monoisotopic (exact) mass is 279 g/mol. The van der Waals surface area contributed by atoms with E-state index in [9.17, 15) is 4.79 Å². The van der Waals surface area contributed by atoms with Crippen LogP contribution in [0.4, 0.5) is 11.4 Å². The van der Waals surface area contributed by atoms with E-state index in [1.165, 1.54) is 12.3 Å². The molecule has 1 aromatic carbocycles. The van der Waals surface area contributed by atoms with Crippen LogP contribution in [0.2, 0.25) is 0 Å². The lowest BCUT2D eigenvalue weighted by molar-refractivity contribution is 0.0690. The predicted octanol–water partition coefficient (Wildman–Crippen LogP) is 3.38. The molecule has 0 fully saturated rings. The zero-order valence-electron chi connectivity index (χ0n) is 11.4. The van der Waals surface area contributed by atoms with E-state index in [2.05, 4.69) is 15.3 Å². The Balaban J connectivity index is 2.05. The summed E-state index contributed by atoms with van der Waals surface area (Å²) < 4.78 is 0. The number of aryl methyl sites for hydroxylation is 1. The Labute approximate surface area is 121 Å². The van der Waals surface area contributed by atoms with Crippen molar-refractivity contribution in [2.45, 2.75) is 6.92 Å². The van der Waals surface area contributed by atoms with Crippen LogP contribution in [0.5, 0.6) is 0 Å². The Kier molecular flexibility index (Phi) is 3.23. The third kappa shape index (κ3) is 2.67. The van der Waals surface area contributed by atoms with Crippen LogP contribution in [0.15, 0.2) is 48.7 Å². The van der Waals surface area contributed by atoms with Crippen molar-refractivity contribution in [3.8, 4) is 0 Å². The molecule has 0 amide bonds. The topological polar surface area (TPSA) is 75.1 Å². The van der Waals surface area contributed by atoms with E-state index >= 15 is 0 Å². The highest BCUT2D eigenvalue weighted by molar-refractivity contribution is 5.93. The Morgan fingerprint density at radius 2 is 2.00 bits per heavy atom. The number of hydrogen-bond acceptors (Lipinski definition) is 4. The van der Waals surface area contributed by atoms with Gasteiger partial charge in [-0.25, -0.2) is 9.78 Å². The molecule has 21 heavy (non-hydrogen) atoms. The van der Waals surface area contributed by atoms with Crippen LogP contribution >= 0.6 is 0 Å². The average molecular weight is 279 g/mol. The Hall–Kier alpha value is -2.95. The number of carboxylic acids is 1. The molecule has 5 nitrogen and oxygen atoms in total. The molecule has 0 unspecified atom stereocenters. The van der Waals surface area contributed by atoms with Crippen molar-refractivity contribution < 1.29 is 9.90 Å². The predicted molar refractivity (Wildman–Crippen MR) is 81.0 cm³/mol. The number of rotatable bonds is 3. The third-order valence-corrected chi connectivity index (χ3v) is 3.10. The molecule has 5 heteroatoms. The minimum Gasteiger partial charge on any atom is -0.477 e. The molecular weight excluding hydrogens is 266 g/mol. The van der Waals surface area contributed by atoms with Gasteiger partial charge in [-0.1, -0.05) is 18.2 Å². The van der Waals surface area contributed by atoms with E-state index in [4.69, 9.17) is 5.11 Å². The second kappa shape index (κ2) is 5.20. The van der Waals surface area contributed by atoms with E-state index < -0.39 is 5.97 Å². The molecule has 0 aliphatic heterocycles. The number of fused-ring (bicyclic) bond motifs is 1. The third-order valence-electron chi connectivity index (χ3n) is 3.10. The smallest absolute Gasteiger partial charge is 0.354 e. The van der Waals surface area contributed by atoms with Gasteiger partial charge in [-0.2, -0.15) is 0 Å². The molecule has 0 aliphatic carbocycles. The first kappa shape index (κ1) is 13.1. The molecule has 0 saturated carbocycles. The van der Waals surface area contributed by atoms with Crippen molar-refractivity contribution in [2.24, 2.45) is 0 Å². The lowest BCUT2D eigenvalue weighted by Crippen LogP contribution is -2.01. The number of hydrogen-bond donors (Lipinski definition) is 2. The average Bonchev–Trinajstić information content (AvgIpc) is 2.47. The number of nitrogens with zero attached hydrogens (tertiary/aromatic N) is 2. The number of carbonyl (C=O) groups is 1. The zero-order valence-corrected chi connectivity index (χ0v) is 11.4. The molecule has 104 valence electrons. The van der Waals surface area contributed by atoms with Gasteiger partial charge in [0.15, 0.2) is 0 Å². The quantitative estimate of drug-likeness (QED) is 0.768. The first-order chi connectivity index (χ1) is 10.1. The van der Waals surface area contributed by atoms with Crippen molar-refractivity contribution >= 4 is 28.2 Å². The summed E-state index contributed by atoms with van der Waals surface area (Å²) in [5.74, 6) is -1.05. The molecule has 0 atom stereocenters. The molecule has 2 heterocycles. The number of pyridine rings is 2. The number of anilines is 2. The maximum absolute atomic E-state index is 11.0. The summed E-state index contributed by atoms with van der Waals surface area (Å²) >= 11 is 0. The molecule has 2 N–H and O–H groups in total. The number of aromatic nitrogens is 2. The summed E-state index contributed by atoms with van der Waals surface area (Å²) in [7, 11) is 0. The fourth-order valence-corrected chi connectivity index (χ4v) is 2.19. The number of aromatic carboxylic acids is 1. The first-order valence-corrected chi connectivity index (χ1v) is 6.46. The van der Waals surface area contributed by atoms with Crippen molar-refractivity contribution in [1.82, 2.24) is 9.97 Å². The van der Waals surface area contributed by atoms with Crippen molar-refractivity contribution in [2.75, 3.05) is 5.32 Å².